The molecule has 106 valence electrons. The summed E-state index contributed by atoms with van der Waals surface area (Å²) in [5.74, 6) is -1.40. The number of likely N-dealkylation sites (N-methyl/N-ethyl adjacent to an activating group) is 1. The molecule has 0 saturated carbocycles. The number of aliphatic hydroxyl groups excluding tert-OH is 1. The monoisotopic (exact) mass is 277 g/mol. The van der Waals surface area contributed by atoms with Crippen molar-refractivity contribution in [2.75, 3.05) is 20.2 Å². The molecular formula is C12H14F3NO3. The quantitative estimate of drug-likeness (QED) is 0.861. The highest BCUT2D eigenvalue weighted by Crippen LogP contribution is 2.36. The highest BCUT2D eigenvalue weighted by Gasteiger charge is 2.37. The molecule has 0 aromatic heterocycles. The van der Waals surface area contributed by atoms with Crippen LogP contribution in [0.4, 0.5) is 13.2 Å². The second-order valence-corrected chi connectivity index (χ2v) is 4.03. The Morgan fingerprint density at radius 3 is 2.42 bits per heavy atom. The lowest BCUT2D eigenvalue weighted by atomic mass is 9.99. The molecule has 4 nitrogen and oxygen atoms in total. The fraction of sp³-hybridized carbons (Fsp3) is 0.417. The fourth-order valence-corrected chi connectivity index (χ4v) is 1.84. The molecule has 0 bridgehead atoms. The summed E-state index contributed by atoms with van der Waals surface area (Å²) in [5, 5.41) is 17.9. The van der Waals surface area contributed by atoms with Crippen molar-refractivity contribution in [1.29, 1.82) is 0 Å². The molecule has 7 heteroatoms. The van der Waals surface area contributed by atoms with Crippen LogP contribution >= 0.6 is 0 Å². The van der Waals surface area contributed by atoms with E-state index in [0.717, 1.165) is 17.0 Å². The molecule has 2 N–H and O–H groups in total. The van der Waals surface area contributed by atoms with Crippen molar-refractivity contribution < 1.29 is 28.2 Å². The predicted octanol–water partition coefficient (Wildman–Crippen LogP) is 1.76. The molecule has 1 aromatic rings. The van der Waals surface area contributed by atoms with Crippen molar-refractivity contribution in [1.82, 2.24) is 4.90 Å². The van der Waals surface area contributed by atoms with Crippen LogP contribution in [-0.2, 0) is 11.0 Å². The maximum Gasteiger partial charge on any atom is 0.416 e. The summed E-state index contributed by atoms with van der Waals surface area (Å²) in [5.41, 5.74) is -1.31. The third-order valence-corrected chi connectivity index (χ3v) is 2.69. The zero-order valence-corrected chi connectivity index (χ0v) is 10.2. The summed E-state index contributed by atoms with van der Waals surface area (Å²) < 4.78 is 38.6. The van der Waals surface area contributed by atoms with Gasteiger partial charge in [-0.2, -0.15) is 13.2 Å². The summed E-state index contributed by atoms with van der Waals surface area (Å²) in [4.78, 5) is 12.4. The lowest BCUT2D eigenvalue weighted by Gasteiger charge is -2.26. The van der Waals surface area contributed by atoms with E-state index in [9.17, 15) is 18.0 Å². The number of hydrogen-bond acceptors (Lipinski definition) is 3. The maximum absolute atomic E-state index is 12.9. The van der Waals surface area contributed by atoms with Crippen molar-refractivity contribution in [3.8, 4) is 0 Å². The van der Waals surface area contributed by atoms with Crippen LogP contribution in [0, 0.1) is 0 Å². The SMILES string of the molecule is CN(CCO)C(C(=O)O)c1ccccc1C(F)(F)F. The lowest BCUT2D eigenvalue weighted by Crippen LogP contribution is -2.34. The first-order valence-corrected chi connectivity index (χ1v) is 5.49. The second-order valence-electron chi connectivity index (χ2n) is 4.03. The molecule has 0 aliphatic carbocycles. The molecule has 1 aromatic carbocycles. The van der Waals surface area contributed by atoms with Crippen LogP contribution in [0.5, 0.6) is 0 Å². The molecule has 0 saturated heterocycles. The van der Waals surface area contributed by atoms with Crippen LogP contribution in [0.1, 0.15) is 17.2 Å². The van der Waals surface area contributed by atoms with Gasteiger partial charge in [-0.3, -0.25) is 9.69 Å². The largest absolute Gasteiger partial charge is 0.480 e. The van der Waals surface area contributed by atoms with E-state index < -0.39 is 23.8 Å². The number of carboxylic acid groups (broad SMARTS) is 1. The van der Waals surface area contributed by atoms with Crippen LogP contribution in [-0.4, -0.2) is 41.3 Å². The number of aliphatic carboxylic acids is 1. The van der Waals surface area contributed by atoms with Gasteiger partial charge in [0.1, 0.15) is 6.04 Å². The minimum absolute atomic E-state index is 0.0385. The Bertz CT molecular complexity index is 448. The Morgan fingerprint density at radius 1 is 1.37 bits per heavy atom. The lowest BCUT2D eigenvalue weighted by molar-refractivity contribution is -0.145. The second kappa shape index (κ2) is 6.03. The number of aliphatic hydroxyl groups is 1. The third kappa shape index (κ3) is 3.68. The summed E-state index contributed by atoms with van der Waals surface area (Å²) in [6, 6.07) is 3.09. The number of nitrogens with zero attached hydrogens (tertiary/aromatic N) is 1. The predicted molar refractivity (Wildman–Crippen MR) is 61.5 cm³/mol. The van der Waals surface area contributed by atoms with Gasteiger partial charge in [0.25, 0.3) is 0 Å². The first kappa shape index (κ1) is 15.5. The Labute approximate surface area is 108 Å². The molecule has 0 spiro atoms. The number of rotatable bonds is 5. The van der Waals surface area contributed by atoms with E-state index in [1.807, 2.05) is 0 Å². The van der Waals surface area contributed by atoms with Crippen LogP contribution in [0.25, 0.3) is 0 Å². The molecule has 0 aliphatic heterocycles. The van der Waals surface area contributed by atoms with E-state index in [4.69, 9.17) is 10.2 Å². The number of hydrogen-bond donors (Lipinski definition) is 2. The van der Waals surface area contributed by atoms with Crippen molar-refractivity contribution in [2.24, 2.45) is 0 Å². The smallest absolute Gasteiger partial charge is 0.416 e. The summed E-state index contributed by atoms with van der Waals surface area (Å²) >= 11 is 0. The molecule has 0 aliphatic rings. The third-order valence-electron chi connectivity index (χ3n) is 2.69. The van der Waals surface area contributed by atoms with Gasteiger partial charge in [0.15, 0.2) is 0 Å². The Balaban J connectivity index is 3.28. The number of alkyl halides is 3. The van der Waals surface area contributed by atoms with Crippen LogP contribution in [0.2, 0.25) is 0 Å². The normalized spacial score (nSPS) is 13.6. The average Bonchev–Trinajstić information content (AvgIpc) is 2.28. The van der Waals surface area contributed by atoms with Gasteiger partial charge in [-0.1, -0.05) is 18.2 Å². The summed E-state index contributed by atoms with van der Waals surface area (Å²) in [6.07, 6.45) is -4.62. The number of halogens is 3. The molecular weight excluding hydrogens is 263 g/mol. The fourth-order valence-electron chi connectivity index (χ4n) is 1.84. The molecule has 19 heavy (non-hydrogen) atoms. The summed E-state index contributed by atoms with van der Waals surface area (Å²) in [7, 11) is 1.35. The first-order valence-electron chi connectivity index (χ1n) is 5.49. The van der Waals surface area contributed by atoms with Gasteiger partial charge in [-0.15, -0.1) is 0 Å². The van der Waals surface area contributed by atoms with E-state index in [1.165, 1.54) is 19.2 Å². The van der Waals surface area contributed by atoms with Crippen molar-refractivity contribution in [2.45, 2.75) is 12.2 Å². The van der Waals surface area contributed by atoms with E-state index in [-0.39, 0.29) is 18.7 Å². The Kier molecular flexibility index (Phi) is 4.90. The first-order chi connectivity index (χ1) is 8.79. The summed E-state index contributed by atoms with van der Waals surface area (Å²) in [6.45, 7) is -0.377. The highest BCUT2D eigenvalue weighted by molar-refractivity contribution is 5.76. The molecule has 0 fully saturated rings. The van der Waals surface area contributed by atoms with E-state index in [0.29, 0.717) is 0 Å². The van der Waals surface area contributed by atoms with E-state index >= 15 is 0 Å². The van der Waals surface area contributed by atoms with E-state index in [1.54, 1.807) is 0 Å². The van der Waals surface area contributed by atoms with Crippen molar-refractivity contribution in [3.05, 3.63) is 35.4 Å². The number of carboxylic acids is 1. The molecule has 0 heterocycles. The van der Waals surface area contributed by atoms with Gasteiger partial charge < -0.3 is 10.2 Å². The molecule has 1 rings (SSSR count). The van der Waals surface area contributed by atoms with Crippen LogP contribution in [0.15, 0.2) is 24.3 Å². The maximum atomic E-state index is 12.9. The van der Waals surface area contributed by atoms with Gasteiger partial charge in [0.05, 0.1) is 12.2 Å². The topological polar surface area (TPSA) is 60.8 Å². The van der Waals surface area contributed by atoms with Crippen molar-refractivity contribution in [3.63, 3.8) is 0 Å². The molecule has 1 atom stereocenters. The zero-order chi connectivity index (χ0) is 14.6. The van der Waals surface area contributed by atoms with Crippen LogP contribution < -0.4 is 0 Å². The Morgan fingerprint density at radius 2 is 1.95 bits per heavy atom. The minimum Gasteiger partial charge on any atom is -0.480 e. The van der Waals surface area contributed by atoms with Gasteiger partial charge in [-0.25, -0.2) is 0 Å². The standard InChI is InChI=1S/C12H14F3NO3/c1-16(6-7-17)10(11(18)19)8-4-2-3-5-9(8)12(13,14)15/h2-5,10,17H,6-7H2,1H3,(H,18,19). The molecule has 0 radical (unpaired) electrons. The highest BCUT2D eigenvalue weighted by atomic mass is 19.4. The average molecular weight is 277 g/mol. The number of benzene rings is 1. The minimum atomic E-state index is -4.62. The van der Waals surface area contributed by atoms with E-state index in [2.05, 4.69) is 0 Å². The van der Waals surface area contributed by atoms with Crippen molar-refractivity contribution >= 4 is 5.97 Å². The van der Waals surface area contributed by atoms with Gasteiger partial charge in [-0.05, 0) is 18.7 Å². The van der Waals surface area contributed by atoms with Gasteiger partial charge in [0, 0.05) is 6.54 Å². The van der Waals surface area contributed by atoms with Crippen LogP contribution in [0.3, 0.4) is 0 Å². The molecule has 1 unspecified atom stereocenters. The zero-order valence-electron chi connectivity index (χ0n) is 10.2. The Hall–Kier alpha value is -1.60. The molecule has 0 amide bonds. The van der Waals surface area contributed by atoms with Gasteiger partial charge in [0.2, 0.25) is 0 Å². The van der Waals surface area contributed by atoms with Gasteiger partial charge >= 0.3 is 12.1 Å². The number of carbonyl (C=O) groups is 1.